The van der Waals surface area contributed by atoms with Crippen molar-refractivity contribution in [3.63, 3.8) is 0 Å². The second-order valence-corrected chi connectivity index (χ2v) is 7.19. The lowest BCUT2D eigenvalue weighted by atomic mass is 9.52. The zero-order valence-electron chi connectivity index (χ0n) is 11.5. The Balaban J connectivity index is 1.73. The molecule has 0 saturated heterocycles. The fourth-order valence-electron chi connectivity index (χ4n) is 5.21. The molecule has 4 saturated carbocycles. The second kappa shape index (κ2) is 4.24. The van der Waals surface area contributed by atoms with Gasteiger partial charge in [-0.15, -0.1) is 0 Å². The van der Waals surface area contributed by atoms with Crippen LogP contribution >= 0.6 is 0 Å². The molecule has 4 bridgehead atoms. The first-order valence-corrected chi connectivity index (χ1v) is 7.58. The third-order valence-electron chi connectivity index (χ3n) is 5.85. The highest BCUT2D eigenvalue weighted by Crippen LogP contribution is 2.57. The Kier molecular flexibility index (Phi) is 2.99. The normalized spacial score (nSPS) is 45.5. The summed E-state index contributed by atoms with van der Waals surface area (Å²) < 4.78 is 0. The third-order valence-corrected chi connectivity index (χ3v) is 5.85. The summed E-state index contributed by atoms with van der Waals surface area (Å²) >= 11 is 0. The van der Waals surface area contributed by atoms with E-state index >= 15 is 0 Å². The van der Waals surface area contributed by atoms with Crippen LogP contribution in [0.5, 0.6) is 0 Å². The molecule has 17 heavy (non-hydrogen) atoms. The van der Waals surface area contributed by atoms with Gasteiger partial charge in [0.25, 0.3) is 0 Å². The highest BCUT2D eigenvalue weighted by molar-refractivity contribution is 5.07. The lowest BCUT2D eigenvalue weighted by molar-refractivity contribution is -0.0804. The van der Waals surface area contributed by atoms with Crippen LogP contribution in [-0.2, 0) is 0 Å². The van der Waals surface area contributed by atoms with Crippen molar-refractivity contribution in [2.75, 3.05) is 13.6 Å². The van der Waals surface area contributed by atoms with Crippen LogP contribution < -0.4 is 5.73 Å². The molecule has 0 aromatic rings. The van der Waals surface area contributed by atoms with E-state index in [2.05, 4.69) is 18.9 Å². The first-order valence-electron chi connectivity index (χ1n) is 7.58. The monoisotopic (exact) mass is 236 g/mol. The molecule has 0 radical (unpaired) electrons. The minimum atomic E-state index is 0.369. The molecule has 1 unspecified atom stereocenters. The molecule has 0 amide bonds. The minimum absolute atomic E-state index is 0.369. The van der Waals surface area contributed by atoms with Gasteiger partial charge in [0, 0.05) is 18.1 Å². The topological polar surface area (TPSA) is 29.3 Å². The van der Waals surface area contributed by atoms with Crippen molar-refractivity contribution in [3.05, 3.63) is 0 Å². The van der Waals surface area contributed by atoms with Gasteiger partial charge in [0.1, 0.15) is 0 Å². The summed E-state index contributed by atoms with van der Waals surface area (Å²) in [5.41, 5.74) is 6.69. The van der Waals surface area contributed by atoms with Gasteiger partial charge in [0.05, 0.1) is 0 Å². The fourth-order valence-corrected chi connectivity index (χ4v) is 5.21. The van der Waals surface area contributed by atoms with Gasteiger partial charge in [0.15, 0.2) is 0 Å². The third kappa shape index (κ3) is 2.04. The number of hydrogen-bond donors (Lipinski definition) is 1. The molecule has 0 aromatic heterocycles. The summed E-state index contributed by atoms with van der Waals surface area (Å²) in [6, 6.07) is 0.369. The van der Waals surface area contributed by atoms with Gasteiger partial charge in [-0.2, -0.15) is 0 Å². The Labute approximate surface area is 106 Å². The number of hydrogen-bond acceptors (Lipinski definition) is 2. The van der Waals surface area contributed by atoms with Gasteiger partial charge in [-0.25, -0.2) is 0 Å². The molecular weight excluding hydrogens is 208 g/mol. The van der Waals surface area contributed by atoms with Gasteiger partial charge in [-0.1, -0.05) is 6.92 Å². The molecule has 0 aliphatic heterocycles. The van der Waals surface area contributed by atoms with Crippen molar-refractivity contribution in [1.29, 1.82) is 0 Å². The molecule has 2 nitrogen and oxygen atoms in total. The predicted molar refractivity (Wildman–Crippen MR) is 71.8 cm³/mol. The van der Waals surface area contributed by atoms with Crippen molar-refractivity contribution in [2.24, 2.45) is 23.5 Å². The highest BCUT2D eigenvalue weighted by Gasteiger charge is 2.52. The van der Waals surface area contributed by atoms with E-state index in [4.69, 9.17) is 5.73 Å². The van der Waals surface area contributed by atoms with E-state index in [0.29, 0.717) is 11.6 Å². The van der Waals surface area contributed by atoms with E-state index in [1.54, 1.807) is 0 Å². The van der Waals surface area contributed by atoms with Crippen LogP contribution in [0.1, 0.15) is 51.9 Å². The predicted octanol–water partition coefficient (Wildman–Crippen LogP) is 2.62. The van der Waals surface area contributed by atoms with E-state index < -0.39 is 0 Å². The van der Waals surface area contributed by atoms with Gasteiger partial charge in [0.2, 0.25) is 0 Å². The molecule has 0 spiro atoms. The van der Waals surface area contributed by atoms with Gasteiger partial charge in [-0.05, 0) is 69.7 Å². The summed E-state index contributed by atoms with van der Waals surface area (Å²) in [5, 5.41) is 0. The Morgan fingerprint density at radius 2 is 1.59 bits per heavy atom. The summed E-state index contributed by atoms with van der Waals surface area (Å²) in [4.78, 5) is 2.64. The smallest absolute Gasteiger partial charge is 0.0215 e. The average Bonchev–Trinajstić information content (AvgIpc) is 2.26. The van der Waals surface area contributed by atoms with E-state index in [-0.39, 0.29) is 0 Å². The molecule has 0 aromatic carbocycles. The maximum absolute atomic E-state index is 6.15. The van der Waals surface area contributed by atoms with E-state index in [0.717, 1.165) is 30.7 Å². The van der Waals surface area contributed by atoms with Gasteiger partial charge >= 0.3 is 0 Å². The number of likely N-dealkylation sites (N-methyl/N-ethyl adjacent to an activating group) is 1. The fraction of sp³-hybridized carbons (Fsp3) is 1.00. The summed E-state index contributed by atoms with van der Waals surface area (Å²) in [6.07, 6.45) is 10.1. The molecule has 4 aliphatic rings. The van der Waals surface area contributed by atoms with Crippen LogP contribution in [-0.4, -0.2) is 30.1 Å². The lowest BCUT2D eigenvalue weighted by Crippen LogP contribution is -2.60. The Morgan fingerprint density at radius 3 is 2.00 bits per heavy atom. The molecule has 1 atom stereocenters. The van der Waals surface area contributed by atoms with Crippen molar-refractivity contribution in [3.8, 4) is 0 Å². The SMILES string of the molecule is CCC(N)CN(C)C12CC3CC(CC(C3)C1)C2. The molecule has 4 aliphatic carbocycles. The summed E-state index contributed by atoms with van der Waals surface area (Å²) in [5.74, 6) is 3.13. The molecular formula is C15H28N2. The quantitative estimate of drug-likeness (QED) is 0.813. The van der Waals surface area contributed by atoms with Crippen molar-refractivity contribution in [2.45, 2.75) is 63.5 Å². The van der Waals surface area contributed by atoms with Crippen LogP contribution in [0.15, 0.2) is 0 Å². The first-order chi connectivity index (χ1) is 8.11. The maximum atomic E-state index is 6.15. The van der Waals surface area contributed by atoms with Gasteiger partial charge < -0.3 is 5.73 Å². The minimum Gasteiger partial charge on any atom is -0.327 e. The lowest BCUT2D eigenvalue weighted by Gasteiger charge is -2.60. The Morgan fingerprint density at radius 1 is 1.12 bits per heavy atom. The second-order valence-electron chi connectivity index (χ2n) is 7.19. The first kappa shape index (κ1) is 12.0. The highest BCUT2D eigenvalue weighted by atomic mass is 15.2. The maximum Gasteiger partial charge on any atom is 0.0215 e. The van der Waals surface area contributed by atoms with E-state index in [9.17, 15) is 0 Å². The standard InChI is InChI=1S/C15H28N2/c1-3-14(16)10-17(2)15-7-11-4-12(8-15)6-13(5-11)9-15/h11-14H,3-10,16H2,1-2H3. The van der Waals surface area contributed by atoms with Gasteiger partial charge in [-0.3, -0.25) is 4.90 Å². The van der Waals surface area contributed by atoms with Crippen molar-refractivity contribution >= 4 is 0 Å². The van der Waals surface area contributed by atoms with Crippen LogP contribution in [0.4, 0.5) is 0 Å². The molecule has 4 rings (SSSR count). The Hall–Kier alpha value is -0.0800. The largest absolute Gasteiger partial charge is 0.327 e. The zero-order chi connectivity index (χ0) is 12.0. The van der Waals surface area contributed by atoms with Crippen molar-refractivity contribution < 1.29 is 0 Å². The molecule has 4 fully saturated rings. The molecule has 2 heteroatoms. The summed E-state index contributed by atoms with van der Waals surface area (Å²) in [7, 11) is 2.34. The molecule has 0 heterocycles. The summed E-state index contributed by atoms with van der Waals surface area (Å²) in [6.45, 7) is 3.31. The van der Waals surface area contributed by atoms with Crippen LogP contribution in [0, 0.1) is 17.8 Å². The van der Waals surface area contributed by atoms with Crippen LogP contribution in [0.2, 0.25) is 0 Å². The van der Waals surface area contributed by atoms with Crippen molar-refractivity contribution in [1.82, 2.24) is 4.90 Å². The number of rotatable bonds is 4. The molecule has 98 valence electrons. The van der Waals surface area contributed by atoms with E-state index in [1.807, 2.05) is 0 Å². The van der Waals surface area contributed by atoms with E-state index in [1.165, 1.54) is 38.5 Å². The van der Waals surface area contributed by atoms with Crippen LogP contribution in [0.25, 0.3) is 0 Å². The van der Waals surface area contributed by atoms with Crippen LogP contribution in [0.3, 0.4) is 0 Å². The Bertz CT molecular complexity index is 251. The average molecular weight is 236 g/mol. The zero-order valence-corrected chi connectivity index (χ0v) is 11.5. The number of nitrogens with two attached hydrogens (primary N) is 1. The molecule has 2 N–H and O–H groups in total. The number of nitrogens with zero attached hydrogens (tertiary/aromatic N) is 1.